The molecule has 7 heteroatoms. The Labute approximate surface area is 154 Å². The number of imidazole rings is 1. The summed E-state index contributed by atoms with van der Waals surface area (Å²) in [6, 6.07) is 16.6. The second-order valence-electron chi connectivity index (χ2n) is 5.94. The van der Waals surface area contributed by atoms with Gasteiger partial charge in [-0.1, -0.05) is 30.3 Å². The Bertz CT molecular complexity index is 1120. The molecule has 2 aromatic carbocycles. The van der Waals surface area contributed by atoms with Gasteiger partial charge in [0.05, 0.1) is 11.2 Å². The first kappa shape index (κ1) is 16.6. The number of nitrogens with two attached hydrogens (primary N) is 1. The van der Waals surface area contributed by atoms with Crippen LogP contribution >= 0.6 is 0 Å². The molecule has 0 saturated heterocycles. The van der Waals surface area contributed by atoms with E-state index in [-0.39, 0.29) is 5.69 Å². The molecule has 2 amide bonds. The normalized spacial score (nSPS) is 10.7. The summed E-state index contributed by atoms with van der Waals surface area (Å²) >= 11 is 0. The van der Waals surface area contributed by atoms with Crippen molar-refractivity contribution in [2.45, 2.75) is 0 Å². The van der Waals surface area contributed by atoms with E-state index in [1.807, 2.05) is 34.9 Å². The lowest BCUT2D eigenvalue weighted by Crippen LogP contribution is -2.20. The van der Waals surface area contributed by atoms with Crippen LogP contribution in [0.1, 0.15) is 0 Å². The van der Waals surface area contributed by atoms with Crippen molar-refractivity contribution in [2.75, 3.05) is 16.4 Å². The molecule has 0 aliphatic rings. The molecule has 0 unspecified atom stereocenters. The molecule has 0 aliphatic carbocycles. The fourth-order valence-corrected chi connectivity index (χ4v) is 2.89. The molecule has 134 valence electrons. The van der Waals surface area contributed by atoms with Gasteiger partial charge >= 0.3 is 6.03 Å². The lowest BCUT2D eigenvalue weighted by atomic mass is 10.1. The highest BCUT2D eigenvalue weighted by Gasteiger charge is 2.10. The standard InChI is InChI=1S/C20H16FN5O/c21-16-5-1-2-6-17(16)25-20(27)24-14-9-7-13(8-10-14)15-4-3-11-26-12-23-19(22)18(15)26/h1-12H,22H2,(H2,24,25,27). The van der Waals surface area contributed by atoms with Crippen LogP contribution in [-0.2, 0) is 0 Å². The lowest BCUT2D eigenvalue weighted by molar-refractivity contribution is 0.262. The number of nitrogens with zero attached hydrogens (tertiary/aromatic N) is 2. The number of halogens is 1. The minimum absolute atomic E-state index is 0.120. The van der Waals surface area contributed by atoms with Crippen molar-refractivity contribution in [1.82, 2.24) is 9.38 Å². The number of carbonyl (C=O) groups is 1. The number of nitrogens with one attached hydrogen (secondary N) is 2. The van der Waals surface area contributed by atoms with E-state index < -0.39 is 11.8 Å². The fraction of sp³-hybridized carbons (Fsp3) is 0. The smallest absolute Gasteiger partial charge is 0.323 e. The number of carbonyl (C=O) groups excluding carboxylic acids is 1. The number of rotatable bonds is 3. The van der Waals surface area contributed by atoms with Gasteiger partial charge in [0.25, 0.3) is 0 Å². The molecule has 6 nitrogen and oxygen atoms in total. The number of hydrogen-bond donors (Lipinski definition) is 3. The van der Waals surface area contributed by atoms with Gasteiger partial charge in [0.15, 0.2) is 0 Å². The predicted molar refractivity (Wildman–Crippen MR) is 104 cm³/mol. The average molecular weight is 361 g/mol. The summed E-state index contributed by atoms with van der Waals surface area (Å²) in [6.07, 6.45) is 3.54. The van der Waals surface area contributed by atoms with Gasteiger partial charge < -0.3 is 20.8 Å². The monoisotopic (exact) mass is 361 g/mol. The molecular formula is C20H16FN5O. The maximum atomic E-state index is 13.6. The minimum atomic E-state index is -0.519. The number of benzene rings is 2. The molecule has 0 radical (unpaired) electrons. The first-order valence-corrected chi connectivity index (χ1v) is 8.26. The Morgan fingerprint density at radius 2 is 1.78 bits per heavy atom. The number of fused-ring (bicyclic) bond motifs is 1. The molecule has 4 N–H and O–H groups in total. The number of anilines is 3. The van der Waals surface area contributed by atoms with E-state index >= 15 is 0 Å². The Kier molecular flexibility index (Phi) is 4.18. The third-order valence-electron chi connectivity index (χ3n) is 4.16. The zero-order valence-corrected chi connectivity index (χ0v) is 14.2. The van der Waals surface area contributed by atoms with Crippen molar-refractivity contribution >= 4 is 28.7 Å². The van der Waals surface area contributed by atoms with Gasteiger partial charge in [-0.05, 0) is 35.9 Å². The third-order valence-corrected chi connectivity index (χ3v) is 4.16. The van der Waals surface area contributed by atoms with Crippen LogP contribution in [0.2, 0.25) is 0 Å². The maximum Gasteiger partial charge on any atom is 0.323 e. The fourth-order valence-electron chi connectivity index (χ4n) is 2.89. The molecule has 0 saturated carbocycles. The van der Waals surface area contributed by atoms with Crippen LogP contribution < -0.4 is 16.4 Å². The summed E-state index contributed by atoms with van der Waals surface area (Å²) in [4.78, 5) is 16.2. The number of urea groups is 1. The molecule has 4 aromatic rings. The van der Waals surface area contributed by atoms with Crippen LogP contribution in [0.4, 0.5) is 26.4 Å². The van der Waals surface area contributed by atoms with Crippen LogP contribution in [0, 0.1) is 5.82 Å². The van der Waals surface area contributed by atoms with E-state index in [4.69, 9.17) is 5.73 Å². The highest BCUT2D eigenvalue weighted by Crippen LogP contribution is 2.28. The molecular weight excluding hydrogens is 345 g/mol. The summed E-state index contributed by atoms with van der Waals surface area (Å²) in [5.41, 5.74) is 9.38. The minimum Gasteiger partial charge on any atom is -0.382 e. The summed E-state index contributed by atoms with van der Waals surface area (Å²) < 4.78 is 15.5. The van der Waals surface area contributed by atoms with E-state index in [9.17, 15) is 9.18 Å². The van der Waals surface area contributed by atoms with Gasteiger partial charge in [-0.25, -0.2) is 14.2 Å². The number of para-hydroxylation sites is 1. The number of nitrogen functional groups attached to an aromatic ring is 1. The maximum absolute atomic E-state index is 13.6. The Hall–Kier alpha value is -3.87. The zero-order chi connectivity index (χ0) is 18.8. The SMILES string of the molecule is Nc1ncn2cccc(-c3ccc(NC(=O)Nc4ccccc4F)cc3)c12. The van der Waals surface area contributed by atoms with Crippen LogP contribution in [0.25, 0.3) is 16.6 Å². The van der Waals surface area contributed by atoms with Crippen molar-refractivity contribution in [3.8, 4) is 11.1 Å². The van der Waals surface area contributed by atoms with E-state index in [0.29, 0.717) is 11.5 Å². The third kappa shape index (κ3) is 3.30. The molecule has 2 heterocycles. The quantitative estimate of drug-likeness (QED) is 0.507. The van der Waals surface area contributed by atoms with Gasteiger partial charge in [-0.15, -0.1) is 0 Å². The van der Waals surface area contributed by atoms with Gasteiger partial charge in [-0.3, -0.25) is 0 Å². The lowest BCUT2D eigenvalue weighted by Gasteiger charge is -2.10. The Morgan fingerprint density at radius 3 is 2.56 bits per heavy atom. The van der Waals surface area contributed by atoms with Crippen molar-refractivity contribution in [3.63, 3.8) is 0 Å². The molecule has 27 heavy (non-hydrogen) atoms. The van der Waals surface area contributed by atoms with Gasteiger partial charge in [0.2, 0.25) is 0 Å². The Balaban J connectivity index is 1.53. The summed E-state index contributed by atoms with van der Waals surface area (Å²) in [7, 11) is 0. The number of hydrogen-bond acceptors (Lipinski definition) is 3. The molecule has 0 spiro atoms. The van der Waals surface area contributed by atoms with E-state index in [1.165, 1.54) is 12.1 Å². The molecule has 4 rings (SSSR count). The molecule has 0 atom stereocenters. The zero-order valence-electron chi connectivity index (χ0n) is 14.2. The van der Waals surface area contributed by atoms with Crippen LogP contribution in [0.15, 0.2) is 73.2 Å². The molecule has 2 aromatic heterocycles. The van der Waals surface area contributed by atoms with Crippen LogP contribution in [-0.4, -0.2) is 15.4 Å². The second-order valence-corrected chi connectivity index (χ2v) is 5.94. The van der Waals surface area contributed by atoms with Crippen molar-refractivity contribution < 1.29 is 9.18 Å². The largest absolute Gasteiger partial charge is 0.382 e. The van der Waals surface area contributed by atoms with Crippen LogP contribution in [0.5, 0.6) is 0 Å². The highest BCUT2D eigenvalue weighted by atomic mass is 19.1. The van der Waals surface area contributed by atoms with E-state index in [2.05, 4.69) is 15.6 Å². The number of pyridine rings is 1. The summed E-state index contributed by atoms with van der Waals surface area (Å²) in [5, 5.41) is 5.16. The van der Waals surface area contributed by atoms with Gasteiger partial charge in [-0.2, -0.15) is 0 Å². The topological polar surface area (TPSA) is 84.4 Å². The first-order valence-electron chi connectivity index (χ1n) is 8.26. The highest BCUT2D eigenvalue weighted by molar-refractivity contribution is 6.00. The predicted octanol–water partition coefficient (Wildman–Crippen LogP) is 4.37. The second kappa shape index (κ2) is 6.80. The summed E-state index contributed by atoms with van der Waals surface area (Å²) in [6.45, 7) is 0. The molecule has 0 fully saturated rings. The van der Waals surface area contributed by atoms with E-state index in [1.54, 1.807) is 30.6 Å². The van der Waals surface area contributed by atoms with Crippen molar-refractivity contribution in [1.29, 1.82) is 0 Å². The first-order chi connectivity index (χ1) is 13.1. The van der Waals surface area contributed by atoms with Crippen molar-refractivity contribution in [3.05, 3.63) is 79.0 Å². The molecule has 0 aliphatic heterocycles. The summed E-state index contributed by atoms with van der Waals surface area (Å²) in [5.74, 6) is -0.0356. The van der Waals surface area contributed by atoms with Gasteiger partial charge in [0.1, 0.15) is 18.0 Å². The Morgan fingerprint density at radius 1 is 1.00 bits per heavy atom. The average Bonchev–Trinajstić information content (AvgIpc) is 3.06. The van der Waals surface area contributed by atoms with Crippen LogP contribution in [0.3, 0.4) is 0 Å². The van der Waals surface area contributed by atoms with E-state index in [0.717, 1.165) is 16.6 Å². The molecule has 0 bridgehead atoms. The number of aromatic nitrogens is 2. The van der Waals surface area contributed by atoms with Gasteiger partial charge in [0, 0.05) is 17.4 Å². The van der Waals surface area contributed by atoms with Crippen molar-refractivity contribution in [2.24, 2.45) is 0 Å². The number of amides is 2.